The van der Waals surface area contributed by atoms with Crippen LogP contribution in [-0.4, -0.2) is 23.1 Å². The fourth-order valence-corrected chi connectivity index (χ4v) is 8.73. The normalized spacial score (nSPS) is 22.9. The van der Waals surface area contributed by atoms with Gasteiger partial charge in [0.15, 0.2) is 0 Å². The number of rotatable bonds is 3. The minimum absolute atomic E-state index is 0. The highest BCUT2D eigenvalue weighted by Gasteiger charge is 2.59. The van der Waals surface area contributed by atoms with Crippen LogP contribution in [0.25, 0.3) is 0 Å². The van der Waals surface area contributed by atoms with Gasteiger partial charge in [-0.15, -0.1) is 0 Å². The van der Waals surface area contributed by atoms with Crippen molar-refractivity contribution >= 4 is 7.26 Å². The lowest BCUT2D eigenvalue weighted by atomic mass is 9.98. The fraction of sp³-hybridized carbons (Fsp3) is 0.667. The van der Waals surface area contributed by atoms with Gasteiger partial charge in [-0.1, -0.05) is 30.3 Å². The molecule has 0 N–H and O–H groups in total. The molecule has 0 spiro atoms. The topological polar surface area (TPSA) is 0 Å². The molecule has 0 radical (unpaired) electrons. The Balaban J connectivity index is 0.00000200. The highest BCUT2D eigenvalue weighted by molar-refractivity contribution is 7.78. The molecule has 1 aliphatic heterocycles. The fourth-order valence-electron chi connectivity index (χ4n) is 3.87. The molecule has 0 aliphatic carbocycles. The molecule has 1 aromatic rings. The van der Waals surface area contributed by atoms with Crippen LogP contribution in [-0.2, 0) is 6.42 Å². The van der Waals surface area contributed by atoms with E-state index >= 15 is 0 Å². The lowest BCUT2D eigenvalue weighted by molar-refractivity contribution is -0.00000455. The summed E-state index contributed by atoms with van der Waals surface area (Å²) in [6.07, 6.45) is 6.95. The Labute approximate surface area is 136 Å². The highest BCUT2D eigenvalue weighted by atomic mass is 79.9. The van der Waals surface area contributed by atoms with Crippen LogP contribution in [0.1, 0.15) is 52.5 Å². The first kappa shape index (κ1) is 18.2. The quantitative estimate of drug-likeness (QED) is 0.730. The van der Waals surface area contributed by atoms with Crippen molar-refractivity contribution in [3.8, 4) is 0 Å². The highest BCUT2D eigenvalue weighted by Crippen LogP contribution is 2.78. The van der Waals surface area contributed by atoms with Crippen molar-refractivity contribution in [1.29, 1.82) is 0 Å². The van der Waals surface area contributed by atoms with Crippen molar-refractivity contribution in [2.45, 2.75) is 63.7 Å². The molecule has 1 fully saturated rings. The zero-order chi connectivity index (χ0) is 14.1. The maximum Gasteiger partial charge on any atom is 0.0746 e. The van der Waals surface area contributed by atoms with Gasteiger partial charge in [-0.3, -0.25) is 0 Å². The van der Waals surface area contributed by atoms with E-state index in [4.69, 9.17) is 0 Å². The average Bonchev–Trinajstić information content (AvgIpc) is 2.35. The van der Waals surface area contributed by atoms with Gasteiger partial charge in [0.05, 0.1) is 16.5 Å². The van der Waals surface area contributed by atoms with E-state index in [1.807, 2.05) is 0 Å². The number of benzene rings is 1. The molecule has 1 heterocycles. The van der Waals surface area contributed by atoms with E-state index in [9.17, 15) is 0 Å². The van der Waals surface area contributed by atoms with Crippen molar-refractivity contribution < 1.29 is 17.0 Å². The second-order valence-corrected chi connectivity index (χ2v) is 12.9. The first-order valence-corrected chi connectivity index (χ1v) is 10.1. The van der Waals surface area contributed by atoms with E-state index in [0.29, 0.717) is 10.3 Å². The lowest BCUT2D eigenvalue weighted by Gasteiger charge is -2.52. The van der Waals surface area contributed by atoms with E-state index in [0.717, 1.165) is 0 Å². The monoisotopic (exact) mass is 356 g/mol. The molecule has 114 valence electrons. The van der Waals surface area contributed by atoms with Gasteiger partial charge >= 0.3 is 0 Å². The SMILES string of the molecule is CC1(C)CCCC(C)(C)[P+]1(C)CCc1ccccc1.[Br-]. The minimum atomic E-state index is -0.935. The summed E-state index contributed by atoms with van der Waals surface area (Å²) < 4.78 is 0. The molecular formula is C18H30BrP. The summed E-state index contributed by atoms with van der Waals surface area (Å²) in [4.78, 5) is 0. The largest absolute Gasteiger partial charge is 1.00 e. The Morgan fingerprint density at radius 3 is 1.95 bits per heavy atom. The van der Waals surface area contributed by atoms with E-state index in [-0.39, 0.29) is 17.0 Å². The molecule has 0 saturated carbocycles. The van der Waals surface area contributed by atoms with Gasteiger partial charge < -0.3 is 17.0 Å². The van der Waals surface area contributed by atoms with Gasteiger partial charge in [-0.2, -0.15) is 0 Å². The van der Waals surface area contributed by atoms with E-state index in [2.05, 4.69) is 64.7 Å². The summed E-state index contributed by atoms with van der Waals surface area (Å²) in [5.74, 6) is 0. The standard InChI is InChI=1S/C18H30P.BrH/c1-17(2)13-9-14-18(3,4)19(17,5)15-12-16-10-7-6-8-11-16;/h6-8,10-11H,9,12-15H2,1-5H3;1H/q+1;/p-1. The van der Waals surface area contributed by atoms with Crippen molar-refractivity contribution in [3.63, 3.8) is 0 Å². The number of halogens is 1. The molecule has 0 unspecified atom stereocenters. The first-order chi connectivity index (χ1) is 8.79. The summed E-state index contributed by atoms with van der Waals surface area (Å²) in [5.41, 5.74) is 1.51. The van der Waals surface area contributed by atoms with Crippen LogP contribution in [0.3, 0.4) is 0 Å². The van der Waals surface area contributed by atoms with Crippen LogP contribution in [0, 0.1) is 0 Å². The third kappa shape index (κ3) is 3.30. The average molecular weight is 357 g/mol. The maximum absolute atomic E-state index is 2.65. The summed E-state index contributed by atoms with van der Waals surface area (Å²) in [6, 6.07) is 11.0. The summed E-state index contributed by atoms with van der Waals surface area (Å²) in [6.45, 7) is 12.8. The van der Waals surface area contributed by atoms with Gasteiger partial charge in [0.1, 0.15) is 0 Å². The van der Waals surface area contributed by atoms with Gasteiger partial charge in [0.2, 0.25) is 0 Å². The number of hydrogen-bond donors (Lipinski definition) is 0. The molecule has 0 bridgehead atoms. The Hall–Kier alpha value is 0.130. The van der Waals surface area contributed by atoms with Crippen LogP contribution >= 0.6 is 7.26 Å². The van der Waals surface area contributed by atoms with Crippen LogP contribution in [0.2, 0.25) is 0 Å². The Kier molecular flexibility index (Phi) is 5.90. The maximum atomic E-state index is 2.65. The van der Waals surface area contributed by atoms with Crippen LogP contribution in [0.15, 0.2) is 30.3 Å². The summed E-state index contributed by atoms with van der Waals surface area (Å²) in [7, 11) is -0.935. The van der Waals surface area contributed by atoms with Crippen molar-refractivity contribution in [1.82, 2.24) is 0 Å². The molecule has 1 aliphatic rings. The minimum Gasteiger partial charge on any atom is -1.00 e. The van der Waals surface area contributed by atoms with E-state index in [1.165, 1.54) is 37.4 Å². The first-order valence-electron chi connectivity index (χ1n) is 7.68. The van der Waals surface area contributed by atoms with Crippen molar-refractivity contribution in [2.24, 2.45) is 0 Å². The third-order valence-electron chi connectivity index (χ3n) is 5.94. The summed E-state index contributed by atoms with van der Waals surface area (Å²) in [5, 5.41) is 1.12. The Bertz CT molecular complexity index is 406. The van der Waals surface area contributed by atoms with E-state index in [1.54, 1.807) is 0 Å². The summed E-state index contributed by atoms with van der Waals surface area (Å²) >= 11 is 0. The number of hydrogen-bond acceptors (Lipinski definition) is 0. The Morgan fingerprint density at radius 1 is 0.950 bits per heavy atom. The molecule has 0 nitrogen and oxygen atoms in total. The third-order valence-corrected chi connectivity index (χ3v) is 12.8. The molecule has 1 saturated heterocycles. The van der Waals surface area contributed by atoms with Crippen molar-refractivity contribution in [3.05, 3.63) is 35.9 Å². The van der Waals surface area contributed by atoms with Gasteiger partial charge in [0, 0.05) is 20.3 Å². The van der Waals surface area contributed by atoms with Gasteiger partial charge in [-0.25, -0.2) is 0 Å². The molecule has 0 amide bonds. The van der Waals surface area contributed by atoms with Crippen LogP contribution in [0.4, 0.5) is 0 Å². The lowest BCUT2D eigenvalue weighted by Crippen LogP contribution is -3.00. The number of aryl methyl sites for hydroxylation is 1. The van der Waals surface area contributed by atoms with Gasteiger partial charge in [0.25, 0.3) is 0 Å². The zero-order valence-corrected chi connectivity index (χ0v) is 16.2. The molecule has 2 rings (SSSR count). The van der Waals surface area contributed by atoms with Crippen molar-refractivity contribution in [2.75, 3.05) is 12.8 Å². The molecule has 0 aromatic heterocycles. The predicted molar refractivity (Wildman–Crippen MR) is 89.9 cm³/mol. The second-order valence-electron chi connectivity index (χ2n) is 7.63. The van der Waals surface area contributed by atoms with Crippen LogP contribution in [0.5, 0.6) is 0 Å². The molecule has 20 heavy (non-hydrogen) atoms. The van der Waals surface area contributed by atoms with Crippen LogP contribution < -0.4 is 17.0 Å². The molecular weight excluding hydrogens is 327 g/mol. The molecule has 0 atom stereocenters. The molecule has 1 aromatic carbocycles. The zero-order valence-electron chi connectivity index (χ0n) is 13.7. The smallest absolute Gasteiger partial charge is 0.0746 e. The van der Waals surface area contributed by atoms with Gasteiger partial charge in [-0.05, 0) is 52.5 Å². The second kappa shape index (κ2) is 6.49. The predicted octanol–water partition coefficient (Wildman–Crippen LogP) is 2.62. The molecule has 2 heteroatoms. The Morgan fingerprint density at radius 2 is 1.45 bits per heavy atom. The van der Waals surface area contributed by atoms with E-state index < -0.39 is 7.26 Å².